The van der Waals surface area contributed by atoms with Gasteiger partial charge in [-0.05, 0) is 36.8 Å². The predicted molar refractivity (Wildman–Crippen MR) is 100.0 cm³/mol. The number of rotatable bonds is 9. The standard InChI is InChI=1S/C19H22ClN3O3/c1-13-5-4-6-14(11-13)21-9-10-22-17(19(25)26)12-18(24)23-16-8-3-2-7-15(16)20/h2-8,11,17,21-22H,9-10,12H2,1H3,(H,23,24)(H,25,26)/t17-/m0/s1. The molecule has 0 bridgehead atoms. The number of carboxylic acids is 1. The van der Waals surface area contributed by atoms with E-state index in [-0.39, 0.29) is 6.42 Å². The number of aryl methyl sites for hydroxylation is 1. The van der Waals surface area contributed by atoms with Gasteiger partial charge in [-0.25, -0.2) is 0 Å². The van der Waals surface area contributed by atoms with Gasteiger partial charge in [-0.3, -0.25) is 4.79 Å². The summed E-state index contributed by atoms with van der Waals surface area (Å²) in [5, 5.41) is 19.1. The molecule has 0 radical (unpaired) electrons. The Balaban J connectivity index is 1.80. The van der Waals surface area contributed by atoms with Crippen molar-refractivity contribution in [2.45, 2.75) is 19.4 Å². The molecule has 0 unspecified atom stereocenters. The minimum atomic E-state index is -1.27. The maximum atomic E-state index is 12.1. The van der Waals surface area contributed by atoms with E-state index in [1.807, 2.05) is 31.2 Å². The Morgan fingerprint density at radius 1 is 1.19 bits per heavy atom. The molecule has 0 aliphatic heterocycles. The number of quaternary nitrogens is 1. The molecule has 0 aromatic heterocycles. The number of nitrogens with two attached hydrogens (primary N) is 1. The summed E-state index contributed by atoms with van der Waals surface area (Å²) in [6, 6.07) is 13.7. The van der Waals surface area contributed by atoms with Crippen LogP contribution in [-0.2, 0) is 9.59 Å². The minimum absolute atomic E-state index is 0.196. The Labute approximate surface area is 157 Å². The van der Waals surface area contributed by atoms with Gasteiger partial charge in [0.2, 0.25) is 5.91 Å². The molecule has 0 saturated carbocycles. The molecule has 0 saturated heterocycles. The molecular weight excluding hydrogens is 354 g/mol. The van der Waals surface area contributed by atoms with Crippen molar-refractivity contribution in [1.82, 2.24) is 0 Å². The lowest BCUT2D eigenvalue weighted by Crippen LogP contribution is -2.94. The van der Waals surface area contributed by atoms with Crippen molar-refractivity contribution in [3.63, 3.8) is 0 Å². The van der Waals surface area contributed by atoms with Gasteiger partial charge in [-0.2, -0.15) is 0 Å². The largest absolute Gasteiger partial charge is 0.544 e. The van der Waals surface area contributed by atoms with Crippen LogP contribution in [0.25, 0.3) is 0 Å². The summed E-state index contributed by atoms with van der Waals surface area (Å²) in [7, 11) is 0. The number of benzene rings is 2. The van der Waals surface area contributed by atoms with Gasteiger partial charge in [0, 0.05) is 5.69 Å². The first-order chi connectivity index (χ1) is 12.5. The highest BCUT2D eigenvalue weighted by atomic mass is 35.5. The topological polar surface area (TPSA) is 97.9 Å². The van der Waals surface area contributed by atoms with E-state index in [9.17, 15) is 14.7 Å². The number of carbonyl (C=O) groups is 2. The summed E-state index contributed by atoms with van der Waals surface area (Å²) < 4.78 is 0. The quantitative estimate of drug-likeness (QED) is 0.564. The van der Waals surface area contributed by atoms with E-state index in [0.717, 1.165) is 11.3 Å². The fourth-order valence-corrected chi connectivity index (χ4v) is 2.67. The van der Waals surface area contributed by atoms with Crippen molar-refractivity contribution in [3.05, 3.63) is 59.1 Å². The molecule has 7 heteroatoms. The van der Waals surface area contributed by atoms with Gasteiger partial charge >= 0.3 is 0 Å². The second kappa shape index (κ2) is 9.79. The van der Waals surface area contributed by atoms with Crippen LogP contribution >= 0.6 is 11.6 Å². The van der Waals surface area contributed by atoms with Crippen LogP contribution in [0.2, 0.25) is 5.02 Å². The molecule has 4 N–H and O–H groups in total. The van der Waals surface area contributed by atoms with E-state index in [1.54, 1.807) is 29.6 Å². The van der Waals surface area contributed by atoms with Crippen LogP contribution in [0.1, 0.15) is 12.0 Å². The highest BCUT2D eigenvalue weighted by molar-refractivity contribution is 6.33. The maximum absolute atomic E-state index is 12.1. The average Bonchev–Trinajstić information content (AvgIpc) is 2.59. The van der Waals surface area contributed by atoms with Crippen LogP contribution < -0.4 is 21.1 Å². The van der Waals surface area contributed by atoms with Gasteiger partial charge in [-0.1, -0.05) is 35.9 Å². The lowest BCUT2D eigenvalue weighted by molar-refractivity contribution is -0.680. The van der Waals surface area contributed by atoms with Crippen molar-refractivity contribution in [1.29, 1.82) is 0 Å². The SMILES string of the molecule is Cc1cccc(NCC[NH2+][C@@H](CC(=O)Nc2ccccc2Cl)C(=O)[O-])c1. The Kier molecular flexibility index (Phi) is 7.44. The lowest BCUT2D eigenvalue weighted by Gasteiger charge is -2.17. The normalized spacial score (nSPS) is 11.6. The lowest BCUT2D eigenvalue weighted by atomic mass is 10.2. The molecule has 2 aromatic carbocycles. The first kappa shape index (κ1) is 19.8. The molecule has 0 aliphatic rings. The van der Waals surface area contributed by atoms with Crippen LogP contribution in [-0.4, -0.2) is 31.0 Å². The third kappa shape index (κ3) is 6.38. The van der Waals surface area contributed by atoms with Crippen LogP contribution in [0.4, 0.5) is 11.4 Å². The number of hydrogen-bond donors (Lipinski definition) is 3. The number of nitrogens with one attached hydrogen (secondary N) is 2. The van der Waals surface area contributed by atoms with Gasteiger partial charge in [0.05, 0.1) is 36.2 Å². The molecule has 6 nitrogen and oxygen atoms in total. The summed E-state index contributed by atoms with van der Waals surface area (Å²) in [5.41, 5.74) is 2.57. The second-order valence-corrected chi connectivity index (χ2v) is 6.39. The van der Waals surface area contributed by atoms with E-state index in [1.165, 1.54) is 0 Å². The van der Waals surface area contributed by atoms with Crippen LogP contribution in [0.15, 0.2) is 48.5 Å². The summed E-state index contributed by atoms with van der Waals surface area (Å²) in [6.07, 6.45) is -0.196. The third-order valence-electron chi connectivity index (χ3n) is 3.80. The zero-order chi connectivity index (χ0) is 18.9. The second-order valence-electron chi connectivity index (χ2n) is 5.98. The van der Waals surface area contributed by atoms with Gasteiger partial charge < -0.3 is 25.9 Å². The summed E-state index contributed by atoms with van der Waals surface area (Å²) >= 11 is 5.98. The molecule has 0 aliphatic carbocycles. The van der Waals surface area contributed by atoms with E-state index in [0.29, 0.717) is 23.8 Å². The number of carbonyl (C=O) groups excluding carboxylic acids is 2. The molecular formula is C19H22ClN3O3. The average molecular weight is 376 g/mol. The number of halogens is 1. The highest BCUT2D eigenvalue weighted by Crippen LogP contribution is 2.20. The smallest absolute Gasteiger partial charge is 0.230 e. The number of aliphatic carboxylic acids is 1. The maximum Gasteiger partial charge on any atom is 0.230 e. The summed E-state index contributed by atoms with van der Waals surface area (Å²) in [4.78, 5) is 23.4. The fourth-order valence-electron chi connectivity index (χ4n) is 2.48. The van der Waals surface area contributed by atoms with Gasteiger partial charge in [0.25, 0.3) is 0 Å². The van der Waals surface area contributed by atoms with Gasteiger partial charge in [-0.15, -0.1) is 0 Å². The van der Waals surface area contributed by atoms with E-state index in [2.05, 4.69) is 10.6 Å². The van der Waals surface area contributed by atoms with Crippen LogP contribution in [0, 0.1) is 6.92 Å². The summed E-state index contributed by atoms with van der Waals surface area (Å²) in [6.45, 7) is 3.06. The predicted octanol–water partition coefficient (Wildman–Crippen LogP) is 0.771. The molecule has 0 spiro atoms. The van der Waals surface area contributed by atoms with Crippen molar-refractivity contribution >= 4 is 34.9 Å². The zero-order valence-electron chi connectivity index (χ0n) is 14.5. The monoisotopic (exact) mass is 375 g/mol. The van der Waals surface area contributed by atoms with E-state index < -0.39 is 17.9 Å². The highest BCUT2D eigenvalue weighted by Gasteiger charge is 2.18. The summed E-state index contributed by atoms with van der Waals surface area (Å²) in [5.74, 6) is -1.69. The Morgan fingerprint density at radius 2 is 1.96 bits per heavy atom. The molecule has 1 atom stereocenters. The molecule has 0 fully saturated rings. The van der Waals surface area contributed by atoms with Crippen molar-refractivity contribution in [3.8, 4) is 0 Å². The van der Waals surface area contributed by atoms with Crippen molar-refractivity contribution < 1.29 is 20.0 Å². The Morgan fingerprint density at radius 3 is 2.65 bits per heavy atom. The minimum Gasteiger partial charge on any atom is -0.544 e. The third-order valence-corrected chi connectivity index (χ3v) is 4.13. The zero-order valence-corrected chi connectivity index (χ0v) is 15.3. The molecule has 1 amide bonds. The van der Waals surface area contributed by atoms with Crippen molar-refractivity contribution in [2.75, 3.05) is 23.7 Å². The Hall–Kier alpha value is -2.57. The first-order valence-corrected chi connectivity index (χ1v) is 8.72. The number of carboxylic acid groups (broad SMARTS) is 1. The molecule has 2 aromatic rings. The molecule has 26 heavy (non-hydrogen) atoms. The number of hydrogen-bond acceptors (Lipinski definition) is 4. The number of para-hydroxylation sites is 1. The fraction of sp³-hybridized carbons (Fsp3) is 0.263. The van der Waals surface area contributed by atoms with Gasteiger partial charge in [0.15, 0.2) is 0 Å². The van der Waals surface area contributed by atoms with Crippen molar-refractivity contribution in [2.24, 2.45) is 0 Å². The van der Waals surface area contributed by atoms with E-state index in [4.69, 9.17) is 11.6 Å². The van der Waals surface area contributed by atoms with Crippen LogP contribution in [0.5, 0.6) is 0 Å². The molecule has 138 valence electrons. The number of amides is 1. The molecule has 2 rings (SSSR count). The first-order valence-electron chi connectivity index (χ1n) is 8.35. The van der Waals surface area contributed by atoms with Crippen LogP contribution in [0.3, 0.4) is 0 Å². The number of anilines is 2. The Bertz CT molecular complexity index is 767. The molecule has 0 heterocycles. The van der Waals surface area contributed by atoms with E-state index >= 15 is 0 Å². The van der Waals surface area contributed by atoms with Gasteiger partial charge in [0.1, 0.15) is 6.04 Å².